The van der Waals surface area contributed by atoms with Crippen molar-refractivity contribution in [2.75, 3.05) is 26.9 Å². The molecule has 2 N–H and O–H groups in total. The highest BCUT2D eigenvalue weighted by molar-refractivity contribution is 5.66. The van der Waals surface area contributed by atoms with E-state index in [0.717, 1.165) is 11.1 Å². The maximum Gasteiger partial charge on any atom is 0.406 e. The summed E-state index contributed by atoms with van der Waals surface area (Å²) in [5.41, 5.74) is 2.10. The Hall–Kier alpha value is -1.59. The van der Waals surface area contributed by atoms with Gasteiger partial charge in [-0.1, -0.05) is 29.8 Å². The molecule has 0 aromatic heterocycles. The average Bonchev–Trinajstić information content (AvgIpc) is 2.40. The SMILES string of the molecule is COC(=O)NCC(OCCO)c1ccc(C)cc1. The highest BCUT2D eigenvalue weighted by atomic mass is 16.5. The van der Waals surface area contributed by atoms with Gasteiger partial charge in [0.15, 0.2) is 0 Å². The van der Waals surface area contributed by atoms with E-state index in [9.17, 15) is 4.79 Å². The number of alkyl carbamates (subject to hydrolysis) is 1. The molecule has 0 aliphatic rings. The second kappa shape index (κ2) is 7.68. The van der Waals surface area contributed by atoms with Crippen molar-refractivity contribution in [3.63, 3.8) is 0 Å². The fourth-order valence-corrected chi connectivity index (χ4v) is 1.50. The molecular formula is C13H19NO4. The number of aliphatic hydroxyl groups excluding tert-OH is 1. The molecule has 100 valence electrons. The minimum Gasteiger partial charge on any atom is -0.453 e. The normalized spacial score (nSPS) is 11.9. The van der Waals surface area contributed by atoms with Crippen LogP contribution in [-0.2, 0) is 9.47 Å². The van der Waals surface area contributed by atoms with Crippen LogP contribution in [0, 0.1) is 6.92 Å². The molecule has 0 spiro atoms. The standard InChI is InChI=1S/C13H19NO4/c1-10-3-5-11(6-4-10)12(18-8-7-15)9-14-13(16)17-2/h3-6,12,15H,7-9H2,1-2H3,(H,14,16). The molecule has 18 heavy (non-hydrogen) atoms. The van der Waals surface area contributed by atoms with Crippen LogP contribution in [0.3, 0.4) is 0 Å². The molecule has 0 fully saturated rings. The number of carbonyl (C=O) groups excluding carboxylic acids is 1. The Morgan fingerprint density at radius 1 is 1.39 bits per heavy atom. The van der Waals surface area contributed by atoms with Crippen molar-refractivity contribution in [3.8, 4) is 0 Å². The zero-order valence-electron chi connectivity index (χ0n) is 10.7. The van der Waals surface area contributed by atoms with E-state index in [-0.39, 0.29) is 19.3 Å². The summed E-state index contributed by atoms with van der Waals surface area (Å²) >= 11 is 0. The van der Waals surface area contributed by atoms with E-state index >= 15 is 0 Å². The molecule has 0 bridgehead atoms. The maximum absolute atomic E-state index is 11.0. The Kier molecular flexibility index (Phi) is 6.18. The van der Waals surface area contributed by atoms with Crippen molar-refractivity contribution in [1.82, 2.24) is 5.32 Å². The molecule has 1 unspecified atom stereocenters. The maximum atomic E-state index is 11.0. The van der Waals surface area contributed by atoms with Gasteiger partial charge >= 0.3 is 6.09 Å². The fourth-order valence-electron chi connectivity index (χ4n) is 1.50. The summed E-state index contributed by atoms with van der Waals surface area (Å²) in [6.07, 6.45) is -0.795. The van der Waals surface area contributed by atoms with Crippen molar-refractivity contribution < 1.29 is 19.4 Å². The van der Waals surface area contributed by atoms with Gasteiger partial charge in [-0.05, 0) is 12.5 Å². The number of amides is 1. The lowest BCUT2D eigenvalue weighted by atomic mass is 10.1. The molecule has 0 heterocycles. The predicted molar refractivity (Wildman–Crippen MR) is 67.4 cm³/mol. The van der Waals surface area contributed by atoms with Crippen LogP contribution in [0.25, 0.3) is 0 Å². The van der Waals surface area contributed by atoms with Crippen LogP contribution in [0.5, 0.6) is 0 Å². The first-order valence-corrected chi connectivity index (χ1v) is 5.78. The van der Waals surface area contributed by atoms with Crippen LogP contribution in [0.1, 0.15) is 17.2 Å². The molecule has 0 aliphatic carbocycles. The molecule has 0 aliphatic heterocycles. The average molecular weight is 253 g/mol. The van der Waals surface area contributed by atoms with Gasteiger partial charge in [-0.25, -0.2) is 4.79 Å². The van der Waals surface area contributed by atoms with Crippen molar-refractivity contribution in [2.45, 2.75) is 13.0 Å². The minimum absolute atomic E-state index is 0.0550. The number of rotatable bonds is 6. The molecular weight excluding hydrogens is 234 g/mol. The molecule has 1 atom stereocenters. The first-order valence-electron chi connectivity index (χ1n) is 5.78. The van der Waals surface area contributed by atoms with Crippen LogP contribution in [0.15, 0.2) is 24.3 Å². The van der Waals surface area contributed by atoms with Gasteiger partial charge in [-0.2, -0.15) is 0 Å². The lowest BCUT2D eigenvalue weighted by molar-refractivity contribution is 0.0279. The topological polar surface area (TPSA) is 67.8 Å². The summed E-state index contributed by atoms with van der Waals surface area (Å²) < 4.78 is 10.00. The third kappa shape index (κ3) is 4.73. The number of methoxy groups -OCH3 is 1. The van der Waals surface area contributed by atoms with Gasteiger partial charge < -0.3 is 19.9 Å². The highest BCUT2D eigenvalue weighted by Gasteiger charge is 2.13. The van der Waals surface area contributed by atoms with Crippen molar-refractivity contribution in [1.29, 1.82) is 0 Å². The molecule has 5 heteroatoms. The quantitative estimate of drug-likeness (QED) is 0.804. The second-order valence-corrected chi connectivity index (χ2v) is 3.87. The van der Waals surface area contributed by atoms with Crippen LogP contribution in [-0.4, -0.2) is 38.1 Å². The largest absolute Gasteiger partial charge is 0.453 e. The zero-order chi connectivity index (χ0) is 13.4. The van der Waals surface area contributed by atoms with E-state index in [1.807, 2.05) is 31.2 Å². The number of carbonyl (C=O) groups is 1. The Morgan fingerprint density at radius 2 is 2.06 bits per heavy atom. The molecule has 1 rings (SSSR count). The number of hydrogen-bond acceptors (Lipinski definition) is 4. The number of nitrogens with one attached hydrogen (secondary N) is 1. The third-order valence-corrected chi connectivity index (χ3v) is 2.48. The number of aliphatic hydroxyl groups is 1. The second-order valence-electron chi connectivity index (χ2n) is 3.87. The van der Waals surface area contributed by atoms with Crippen molar-refractivity contribution in [2.24, 2.45) is 0 Å². The molecule has 0 saturated heterocycles. The van der Waals surface area contributed by atoms with Crippen LogP contribution >= 0.6 is 0 Å². The van der Waals surface area contributed by atoms with E-state index in [4.69, 9.17) is 9.84 Å². The van der Waals surface area contributed by atoms with E-state index < -0.39 is 6.09 Å². The first-order chi connectivity index (χ1) is 8.67. The van der Waals surface area contributed by atoms with Gasteiger partial charge in [-0.3, -0.25) is 0 Å². The lowest BCUT2D eigenvalue weighted by Gasteiger charge is -2.18. The summed E-state index contributed by atoms with van der Waals surface area (Å²) in [5.74, 6) is 0. The first kappa shape index (κ1) is 14.5. The Labute approximate surface area is 107 Å². The summed E-state index contributed by atoms with van der Waals surface area (Å²) in [7, 11) is 1.31. The number of ether oxygens (including phenoxy) is 2. The lowest BCUT2D eigenvalue weighted by Crippen LogP contribution is -2.29. The van der Waals surface area contributed by atoms with E-state index in [1.54, 1.807) is 0 Å². The number of benzene rings is 1. The number of hydrogen-bond donors (Lipinski definition) is 2. The smallest absolute Gasteiger partial charge is 0.406 e. The van der Waals surface area contributed by atoms with E-state index in [2.05, 4.69) is 10.1 Å². The molecule has 1 amide bonds. The Morgan fingerprint density at radius 3 is 2.61 bits per heavy atom. The summed E-state index contributed by atoms with van der Waals surface area (Å²) in [5, 5.41) is 11.4. The highest BCUT2D eigenvalue weighted by Crippen LogP contribution is 2.17. The molecule has 5 nitrogen and oxygen atoms in total. The van der Waals surface area contributed by atoms with Crippen molar-refractivity contribution >= 4 is 6.09 Å². The molecule has 0 saturated carbocycles. The Bertz CT molecular complexity index is 364. The molecule has 0 radical (unpaired) electrons. The van der Waals surface area contributed by atoms with Crippen LogP contribution < -0.4 is 5.32 Å². The summed E-state index contributed by atoms with van der Waals surface area (Å²) in [6, 6.07) is 7.83. The van der Waals surface area contributed by atoms with Gasteiger partial charge in [-0.15, -0.1) is 0 Å². The summed E-state index contributed by atoms with van der Waals surface area (Å²) in [4.78, 5) is 11.0. The predicted octanol–water partition coefficient (Wildman–Crippen LogP) is 1.40. The fraction of sp³-hybridized carbons (Fsp3) is 0.462. The van der Waals surface area contributed by atoms with Gasteiger partial charge in [0.05, 0.1) is 26.9 Å². The monoisotopic (exact) mass is 253 g/mol. The van der Waals surface area contributed by atoms with Gasteiger partial charge in [0, 0.05) is 0 Å². The van der Waals surface area contributed by atoms with Crippen molar-refractivity contribution in [3.05, 3.63) is 35.4 Å². The minimum atomic E-state index is -0.500. The van der Waals surface area contributed by atoms with E-state index in [0.29, 0.717) is 6.54 Å². The summed E-state index contributed by atoms with van der Waals surface area (Å²) in [6.45, 7) is 2.47. The van der Waals surface area contributed by atoms with Gasteiger partial charge in [0.1, 0.15) is 6.10 Å². The molecule has 1 aromatic carbocycles. The molecule has 1 aromatic rings. The van der Waals surface area contributed by atoms with Crippen LogP contribution in [0.2, 0.25) is 0 Å². The zero-order valence-corrected chi connectivity index (χ0v) is 10.7. The number of aryl methyl sites for hydroxylation is 1. The van der Waals surface area contributed by atoms with Crippen LogP contribution in [0.4, 0.5) is 4.79 Å². The van der Waals surface area contributed by atoms with E-state index in [1.165, 1.54) is 7.11 Å². The van der Waals surface area contributed by atoms with Gasteiger partial charge in [0.25, 0.3) is 0 Å². The third-order valence-electron chi connectivity index (χ3n) is 2.48. The van der Waals surface area contributed by atoms with Gasteiger partial charge in [0.2, 0.25) is 0 Å². The Balaban J connectivity index is 2.64.